The quantitative estimate of drug-likeness (QED) is 0.694. The Morgan fingerprint density at radius 1 is 0.950 bits per heavy atom. The van der Waals surface area contributed by atoms with Crippen molar-refractivity contribution in [2.45, 2.75) is 0 Å². The molecule has 0 fully saturated rings. The molecule has 0 unspecified atom stereocenters. The topological polar surface area (TPSA) is 12.5 Å². The predicted molar refractivity (Wildman–Crippen MR) is 88.1 cm³/mol. The molecule has 0 spiro atoms. The average molecular weight is 283 g/mol. The van der Waals surface area contributed by atoms with Gasteiger partial charge >= 0.3 is 0 Å². The van der Waals surface area contributed by atoms with Gasteiger partial charge in [0, 0.05) is 29.7 Å². The highest BCUT2D eigenvalue weighted by Gasteiger charge is 2.17. The van der Waals surface area contributed by atoms with Gasteiger partial charge in [-0.15, -0.1) is 11.3 Å². The van der Waals surface area contributed by atoms with Crippen LogP contribution in [0, 0.1) is 0 Å². The lowest BCUT2D eigenvalue weighted by Gasteiger charge is -2.15. The third kappa shape index (κ3) is 2.04. The van der Waals surface area contributed by atoms with Crippen LogP contribution in [-0.4, -0.2) is 21.2 Å². The first-order chi connectivity index (χ1) is 9.72. The second kappa shape index (κ2) is 5.17. The minimum atomic E-state index is 0.919. The van der Waals surface area contributed by atoms with Crippen LogP contribution in [-0.2, 0) is 0 Å². The summed E-state index contributed by atoms with van der Waals surface area (Å²) in [6, 6.07) is 16.7. The van der Waals surface area contributed by atoms with Gasteiger partial charge in [0.1, 0.15) is 5.75 Å². The van der Waals surface area contributed by atoms with Gasteiger partial charge in [-0.1, -0.05) is 30.3 Å². The Bertz CT molecular complexity index is 746. The summed E-state index contributed by atoms with van der Waals surface area (Å²) in [5.41, 5.74) is 2.41. The first-order valence-electron chi connectivity index (χ1n) is 6.54. The summed E-state index contributed by atoms with van der Waals surface area (Å²) in [5, 5.41) is 1.29. The molecule has 0 aliphatic heterocycles. The molecule has 0 saturated heterocycles. The number of rotatable bonds is 3. The monoisotopic (exact) mass is 283 g/mol. The van der Waals surface area contributed by atoms with Crippen molar-refractivity contribution in [3.8, 4) is 16.2 Å². The van der Waals surface area contributed by atoms with Crippen molar-refractivity contribution in [3.63, 3.8) is 0 Å². The SMILES string of the molecule is COc1ccccc1-c1sc2ccccc2c1N(C)C. The molecule has 0 N–H and O–H groups in total. The fraction of sp³-hybridized carbons (Fsp3) is 0.176. The van der Waals surface area contributed by atoms with Gasteiger partial charge in [0.15, 0.2) is 0 Å². The van der Waals surface area contributed by atoms with Crippen molar-refractivity contribution >= 4 is 27.1 Å². The number of benzene rings is 2. The summed E-state index contributed by atoms with van der Waals surface area (Å²) in [7, 11) is 5.91. The van der Waals surface area contributed by atoms with Crippen molar-refractivity contribution in [3.05, 3.63) is 48.5 Å². The fourth-order valence-electron chi connectivity index (χ4n) is 2.49. The Kier molecular flexibility index (Phi) is 3.36. The van der Waals surface area contributed by atoms with Gasteiger partial charge in [-0.2, -0.15) is 0 Å². The maximum atomic E-state index is 5.52. The molecule has 0 aliphatic carbocycles. The van der Waals surface area contributed by atoms with E-state index in [2.05, 4.69) is 55.4 Å². The standard InChI is InChI=1S/C17H17NOS/c1-18(2)16-13-9-5-7-11-15(13)20-17(16)12-8-4-6-10-14(12)19-3/h4-11H,1-3H3. The lowest BCUT2D eigenvalue weighted by molar-refractivity contribution is 0.416. The molecule has 3 heteroatoms. The number of ether oxygens (including phenoxy) is 1. The van der Waals surface area contributed by atoms with Gasteiger partial charge in [0.05, 0.1) is 17.7 Å². The highest BCUT2D eigenvalue weighted by molar-refractivity contribution is 7.23. The molecule has 102 valence electrons. The molecule has 1 aromatic heterocycles. The second-order valence-corrected chi connectivity index (χ2v) is 5.92. The zero-order chi connectivity index (χ0) is 14.1. The summed E-state index contributed by atoms with van der Waals surface area (Å²) in [5.74, 6) is 0.919. The maximum absolute atomic E-state index is 5.52. The molecule has 0 radical (unpaired) electrons. The average Bonchev–Trinajstić information content (AvgIpc) is 2.86. The molecule has 3 rings (SSSR count). The summed E-state index contributed by atoms with van der Waals surface area (Å²) >= 11 is 1.81. The Balaban J connectivity index is 2.33. The van der Waals surface area contributed by atoms with Crippen molar-refractivity contribution in [2.75, 3.05) is 26.1 Å². The third-order valence-electron chi connectivity index (χ3n) is 3.37. The highest BCUT2D eigenvalue weighted by Crippen LogP contribution is 2.46. The van der Waals surface area contributed by atoms with Crippen molar-refractivity contribution in [2.24, 2.45) is 0 Å². The number of fused-ring (bicyclic) bond motifs is 1. The molecule has 20 heavy (non-hydrogen) atoms. The van der Waals surface area contributed by atoms with Gasteiger partial charge in [-0.25, -0.2) is 0 Å². The molecule has 2 aromatic carbocycles. The van der Waals surface area contributed by atoms with Crippen LogP contribution in [0.3, 0.4) is 0 Å². The molecular weight excluding hydrogens is 266 g/mol. The number of thiophene rings is 1. The number of anilines is 1. The molecule has 2 nitrogen and oxygen atoms in total. The van der Waals surface area contributed by atoms with E-state index in [0.717, 1.165) is 11.3 Å². The van der Waals surface area contributed by atoms with E-state index in [-0.39, 0.29) is 0 Å². The van der Waals surface area contributed by atoms with Crippen LogP contribution in [0.2, 0.25) is 0 Å². The molecule has 0 aliphatic rings. The minimum Gasteiger partial charge on any atom is -0.496 e. The Hall–Kier alpha value is -2.00. The molecule has 0 atom stereocenters. The normalized spacial score (nSPS) is 10.8. The zero-order valence-electron chi connectivity index (χ0n) is 11.9. The van der Waals surface area contributed by atoms with Crippen LogP contribution in [0.4, 0.5) is 5.69 Å². The van der Waals surface area contributed by atoms with Crippen molar-refractivity contribution < 1.29 is 4.74 Å². The first kappa shape index (κ1) is 13.0. The Morgan fingerprint density at radius 2 is 1.65 bits per heavy atom. The number of methoxy groups -OCH3 is 1. The Labute approximate surface area is 123 Å². The van der Waals surface area contributed by atoms with Crippen LogP contribution in [0.5, 0.6) is 5.75 Å². The van der Waals surface area contributed by atoms with E-state index in [1.165, 1.54) is 20.7 Å². The van der Waals surface area contributed by atoms with E-state index in [9.17, 15) is 0 Å². The lowest BCUT2D eigenvalue weighted by atomic mass is 10.1. The molecule has 3 aromatic rings. The van der Waals surface area contributed by atoms with Gasteiger partial charge in [-0.05, 0) is 18.2 Å². The van der Waals surface area contributed by atoms with Crippen LogP contribution < -0.4 is 9.64 Å². The zero-order valence-corrected chi connectivity index (χ0v) is 12.7. The molecule has 0 amide bonds. The van der Waals surface area contributed by atoms with E-state index in [0.29, 0.717) is 0 Å². The van der Waals surface area contributed by atoms with Crippen molar-refractivity contribution in [1.82, 2.24) is 0 Å². The fourth-order valence-corrected chi connectivity index (χ4v) is 3.80. The van der Waals surface area contributed by atoms with E-state index in [4.69, 9.17) is 4.74 Å². The lowest BCUT2D eigenvalue weighted by Crippen LogP contribution is -2.09. The van der Waals surface area contributed by atoms with Gasteiger partial charge in [0.2, 0.25) is 0 Å². The number of hydrogen-bond donors (Lipinski definition) is 0. The summed E-state index contributed by atoms with van der Waals surface area (Å²) in [6.07, 6.45) is 0. The second-order valence-electron chi connectivity index (χ2n) is 4.87. The van der Waals surface area contributed by atoms with Crippen molar-refractivity contribution in [1.29, 1.82) is 0 Å². The van der Waals surface area contributed by atoms with Gasteiger partial charge in [-0.3, -0.25) is 0 Å². The highest BCUT2D eigenvalue weighted by atomic mass is 32.1. The summed E-state index contributed by atoms with van der Waals surface area (Å²) in [4.78, 5) is 3.44. The van der Waals surface area contributed by atoms with Gasteiger partial charge < -0.3 is 9.64 Å². The van der Waals surface area contributed by atoms with E-state index in [1.54, 1.807) is 7.11 Å². The number of hydrogen-bond acceptors (Lipinski definition) is 3. The van der Waals surface area contributed by atoms with E-state index < -0.39 is 0 Å². The van der Waals surface area contributed by atoms with Gasteiger partial charge in [0.25, 0.3) is 0 Å². The minimum absolute atomic E-state index is 0.919. The summed E-state index contributed by atoms with van der Waals surface area (Å²) < 4.78 is 6.82. The number of nitrogens with zero attached hydrogens (tertiary/aromatic N) is 1. The number of para-hydroxylation sites is 1. The molecule has 1 heterocycles. The van der Waals surface area contributed by atoms with Crippen LogP contribution in [0.15, 0.2) is 48.5 Å². The maximum Gasteiger partial charge on any atom is 0.127 e. The summed E-state index contributed by atoms with van der Waals surface area (Å²) in [6.45, 7) is 0. The molecule has 0 bridgehead atoms. The van der Waals surface area contributed by atoms with E-state index >= 15 is 0 Å². The molecular formula is C17H17NOS. The predicted octanol–water partition coefficient (Wildman–Crippen LogP) is 4.64. The molecule has 0 saturated carbocycles. The van der Waals surface area contributed by atoms with Crippen LogP contribution in [0.1, 0.15) is 0 Å². The Morgan fingerprint density at radius 3 is 2.40 bits per heavy atom. The largest absolute Gasteiger partial charge is 0.496 e. The van der Waals surface area contributed by atoms with E-state index in [1.807, 2.05) is 23.5 Å². The van der Waals surface area contributed by atoms with Crippen LogP contribution >= 0.6 is 11.3 Å². The third-order valence-corrected chi connectivity index (χ3v) is 4.56. The first-order valence-corrected chi connectivity index (χ1v) is 7.36. The van der Waals surface area contributed by atoms with Crippen LogP contribution in [0.25, 0.3) is 20.5 Å². The smallest absolute Gasteiger partial charge is 0.127 e.